The summed E-state index contributed by atoms with van der Waals surface area (Å²) in [4.78, 5) is 11.5. The molecule has 162 valence electrons. The van der Waals surface area contributed by atoms with E-state index < -0.39 is 15.9 Å². The fourth-order valence-electron chi connectivity index (χ4n) is 3.44. The summed E-state index contributed by atoms with van der Waals surface area (Å²) in [6.07, 6.45) is 1.45. The van der Waals surface area contributed by atoms with Crippen molar-refractivity contribution in [3.63, 3.8) is 0 Å². The first-order valence-electron chi connectivity index (χ1n) is 9.77. The average Bonchev–Trinajstić information content (AvgIpc) is 2.77. The number of carbonyl (C=O) groups is 1. The van der Waals surface area contributed by atoms with E-state index in [0.29, 0.717) is 43.1 Å². The van der Waals surface area contributed by atoms with Crippen LogP contribution >= 0.6 is 11.6 Å². The normalized spacial score (nSPS) is 15.8. The number of carbonyl (C=O) groups excluding carboxylic acids is 1. The lowest BCUT2D eigenvalue weighted by atomic mass is 10.1. The number of nitrogens with zero attached hydrogens (tertiary/aromatic N) is 1. The monoisotopic (exact) mass is 452 g/mol. The Morgan fingerprint density at radius 1 is 1.13 bits per heavy atom. The maximum Gasteiger partial charge on any atom is 0.243 e. The first-order chi connectivity index (χ1) is 14.4. The number of ether oxygens (including phenoxy) is 1. The molecule has 0 aliphatic carbocycles. The second-order valence-corrected chi connectivity index (χ2v) is 9.53. The van der Waals surface area contributed by atoms with Gasteiger partial charge in [0.2, 0.25) is 15.9 Å². The maximum atomic E-state index is 13.2. The molecule has 1 saturated heterocycles. The van der Waals surface area contributed by atoms with E-state index in [1.54, 1.807) is 29.7 Å². The zero-order valence-electron chi connectivity index (χ0n) is 16.5. The fourth-order valence-corrected chi connectivity index (χ4v) is 5.29. The molecule has 0 atom stereocenters. The molecule has 7 nitrogen and oxygen atoms in total. The van der Waals surface area contributed by atoms with E-state index >= 15 is 0 Å². The van der Waals surface area contributed by atoms with Crippen LogP contribution in [0.25, 0.3) is 0 Å². The zero-order valence-corrected chi connectivity index (χ0v) is 18.0. The molecule has 0 radical (unpaired) electrons. The summed E-state index contributed by atoms with van der Waals surface area (Å²) in [6.45, 7) is 1.21. The Hall–Kier alpha value is -1.97. The molecule has 0 aromatic heterocycles. The van der Waals surface area contributed by atoms with Gasteiger partial charge in [-0.3, -0.25) is 10.0 Å². The number of aryl methyl sites for hydroxylation is 1. The van der Waals surface area contributed by atoms with Gasteiger partial charge in [0.25, 0.3) is 0 Å². The summed E-state index contributed by atoms with van der Waals surface area (Å²) in [5.41, 5.74) is 3.15. The Kier molecular flexibility index (Phi) is 7.85. The van der Waals surface area contributed by atoms with Gasteiger partial charge in [-0.25, -0.2) is 13.9 Å². The molecule has 2 N–H and O–H groups in total. The summed E-state index contributed by atoms with van der Waals surface area (Å²) in [5.74, 6) is -0.555. The molecule has 0 spiro atoms. The number of nitrogens with one attached hydrogen (secondary N) is 1. The number of sulfonamides is 1. The molecular weight excluding hydrogens is 428 g/mol. The SMILES string of the molecule is O=C(CCc1ccccc1S(=O)(=O)N1CCC(OCc2ccc(Cl)cc2)CC1)NO. The lowest BCUT2D eigenvalue weighted by Gasteiger charge is -2.31. The van der Waals surface area contributed by atoms with E-state index in [0.717, 1.165) is 5.56 Å². The van der Waals surface area contributed by atoms with E-state index in [9.17, 15) is 13.2 Å². The van der Waals surface area contributed by atoms with Crippen LogP contribution in [0.5, 0.6) is 0 Å². The van der Waals surface area contributed by atoms with Crippen molar-refractivity contribution >= 4 is 27.5 Å². The quantitative estimate of drug-likeness (QED) is 0.473. The predicted molar refractivity (Wildman–Crippen MR) is 113 cm³/mol. The Balaban J connectivity index is 1.59. The number of piperidine rings is 1. The van der Waals surface area contributed by atoms with Crippen molar-refractivity contribution in [3.8, 4) is 0 Å². The lowest BCUT2D eigenvalue weighted by Crippen LogP contribution is -2.41. The number of halogens is 1. The van der Waals surface area contributed by atoms with E-state index in [-0.39, 0.29) is 23.8 Å². The highest BCUT2D eigenvalue weighted by molar-refractivity contribution is 7.89. The predicted octanol–water partition coefficient (Wildman–Crippen LogP) is 3.15. The van der Waals surface area contributed by atoms with Crippen LogP contribution in [0.4, 0.5) is 0 Å². The molecule has 1 heterocycles. The highest BCUT2D eigenvalue weighted by Gasteiger charge is 2.31. The molecule has 30 heavy (non-hydrogen) atoms. The molecule has 9 heteroatoms. The van der Waals surface area contributed by atoms with Crippen molar-refractivity contribution in [2.45, 2.75) is 43.3 Å². The molecular formula is C21H25ClN2O5S. The number of amides is 1. The van der Waals surface area contributed by atoms with Crippen molar-refractivity contribution < 1.29 is 23.2 Å². The van der Waals surface area contributed by atoms with Gasteiger partial charge in [-0.2, -0.15) is 4.31 Å². The van der Waals surface area contributed by atoms with Gasteiger partial charge in [0.15, 0.2) is 0 Å². The van der Waals surface area contributed by atoms with Gasteiger partial charge in [-0.05, 0) is 48.6 Å². The molecule has 0 bridgehead atoms. The Labute approximate surface area is 181 Å². The van der Waals surface area contributed by atoms with Crippen molar-refractivity contribution in [2.75, 3.05) is 13.1 Å². The van der Waals surface area contributed by atoms with Gasteiger partial charge in [0.05, 0.1) is 17.6 Å². The number of rotatable bonds is 8. The van der Waals surface area contributed by atoms with E-state index in [2.05, 4.69) is 0 Å². The van der Waals surface area contributed by atoms with Crippen molar-refractivity contribution in [1.82, 2.24) is 9.79 Å². The van der Waals surface area contributed by atoms with E-state index in [1.807, 2.05) is 24.3 Å². The number of hydrogen-bond acceptors (Lipinski definition) is 5. The molecule has 1 fully saturated rings. The second-order valence-electron chi connectivity index (χ2n) is 7.18. The van der Waals surface area contributed by atoms with Crippen LogP contribution in [0.2, 0.25) is 5.02 Å². The fraction of sp³-hybridized carbons (Fsp3) is 0.381. The number of hydroxylamine groups is 1. The van der Waals surface area contributed by atoms with Gasteiger partial charge in [-0.15, -0.1) is 0 Å². The van der Waals surface area contributed by atoms with E-state index in [1.165, 1.54) is 4.31 Å². The van der Waals surface area contributed by atoms with Gasteiger partial charge >= 0.3 is 0 Å². The first kappa shape index (κ1) is 22.7. The molecule has 0 unspecified atom stereocenters. The third-order valence-corrected chi connectivity index (χ3v) is 7.39. The maximum absolute atomic E-state index is 13.2. The second kappa shape index (κ2) is 10.4. The summed E-state index contributed by atoms with van der Waals surface area (Å²) < 4.78 is 33.7. The van der Waals surface area contributed by atoms with Crippen LogP contribution < -0.4 is 5.48 Å². The summed E-state index contributed by atoms with van der Waals surface area (Å²) in [6, 6.07) is 14.1. The Morgan fingerprint density at radius 3 is 2.47 bits per heavy atom. The molecule has 1 aliphatic rings. The third-order valence-electron chi connectivity index (χ3n) is 5.14. The Morgan fingerprint density at radius 2 is 1.80 bits per heavy atom. The molecule has 1 amide bonds. The van der Waals surface area contributed by atoms with Crippen molar-refractivity contribution in [2.24, 2.45) is 0 Å². The van der Waals surface area contributed by atoms with E-state index in [4.69, 9.17) is 21.5 Å². The van der Waals surface area contributed by atoms with Gasteiger partial charge in [-0.1, -0.05) is 41.9 Å². The van der Waals surface area contributed by atoms with Crippen LogP contribution in [-0.4, -0.2) is 43.0 Å². The van der Waals surface area contributed by atoms with Gasteiger partial charge in [0.1, 0.15) is 0 Å². The molecule has 2 aromatic carbocycles. The van der Waals surface area contributed by atoms with Gasteiger partial charge < -0.3 is 4.74 Å². The van der Waals surface area contributed by atoms with Crippen molar-refractivity contribution in [3.05, 3.63) is 64.7 Å². The standard InChI is InChI=1S/C21H25ClN2O5S/c22-18-8-5-16(6-9-18)15-29-19-11-13-24(14-12-19)30(27,28)20-4-2-1-3-17(20)7-10-21(25)23-26/h1-6,8-9,19,26H,7,10-15H2,(H,23,25). The molecule has 0 saturated carbocycles. The van der Waals surface area contributed by atoms with Crippen LogP contribution in [0.1, 0.15) is 30.4 Å². The zero-order chi connectivity index (χ0) is 21.6. The minimum absolute atomic E-state index is 0.00362. The third kappa shape index (κ3) is 5.80. The Bertz CT molecular complexity index is 958. The molecule has 3 rings (SSSR count). The highest BCUT2D eigenvalue weighted by atomic mass is 35.5. The van der Waals surface area contributed by atoms with Crippen LogP contribution in [0.3, 0.4) is 0 Å². The van der Waals surface area contributed by atoms with Crippen LogP contribution in [0, 0.1) is 0 Å². The summed E-state index contributed by atoms with van der Waals surface area (Å²) >= 11 is 5.89. The smallest absolute Gasteiger partial charge is 0.243 e. The topological polar surface area (TPSA) is 95.9 Å². The van der Waals surface area contributed by atoms with Crippen LogP contribution in [0.15, 0.2) is 53.4 Å². The number of hydrogen-bond donors (Lipinski definition) is 2. The lowest BCUT2D eigenvalue weighted by molar-refractivity contribution is -0.129. The minimum atomic E-state index is -3.67. The average molecular weight is 453 g/mol. The molecule has 1 aliphatic heterocycles. The van der Waals surface area contributed by atoms with Crippen LogP contribution in [-0.2, 0) is 32.6 Å². The largest absolute Gasteiger partial charge is 0.373 e. The number of benzene rings is 2. The van der Waals surface area contributed by atoms with Gasteiger partial charge in [0, 0.05) is 24.5 Å². The first-order valence-corrected chi connectivity index (χ1v) is 11.6. The highest BCUT2D eigenvalue weighted by Crippen LogP contribution is 2.26. The summed E-state index contributed by atoms with van der Waals surface area (Å²) in [7, 11) is -3.67. The van der Waals surface area contributed by atoms with Crippen molar-refractivity contribution in [1.29, 1.82) is 0 Å². The summed E-state index contributed by atoms with van der Waals surface area (Å²) in [5, 5.41) is 9.33. The molecule has 2 aromatic rings. The minimum Gasteiger partial charge on any atom is -0.373 e.